The van der Waals surface area contributed by atoms with Gasteiger partial charge in [0.05, 0.1) is 13.2 Å². The Hall–Kier alpha value is -1.53. The van der Waals surface area contributed by atoms with E-state index in [9.17, 15) is 0 Å². The number of hydrogen-bond acceptors (Lipinski definition) is 3. The van der Waals surface area contributed by atoms with Crippen molar-refractivity contribution in [1.82, 2.24) is 4.90 Å². The number of nitrogens with zero attached hydrogens (tertiary/aromatic N) is 2. The van der Waals surface area contributed by atoms with Crippen LogP contribution in [0.4, 0.5) is 0 Å². The predicted octanol–water partition coefficient (Wildman–Crippen LogP) is 2.44. The van der Waals surface area contributed by atoms with E-state index < -0.39 is 0 Å². The van der Waals surface area contributed by atoms with Crippen LogP contribution in [0.1, 0.15) is 22.7 Å². The molecule has 1 aromatic carbocycles. The highest BCUT2D eigenvalue weighted by atomic mass is 16.5. The van der Waals surface area contributed by atoms with Gasteiger partial charge in [0.25, 0.3) is 0 Å². The Kier molecular flexibility index (Phi) is 3.92. The first-order valence-corrected chi connectivity index (χ1v) is 5.22. The topological polar surface area (TPSA) is 36.3 Å². The minimum absolute atomic E-state index is 0.204. The predicted molar refractivity (Wildman–Crippen MR) is 64.5 cm³/mol. The molecule has 86 valence electrons. The zero-order valence-electron chi connectivity index (χ0n) is 10.5. The van der Waals surface area contributed by atoms with Crippen LogP contribution < -0.4 is 4.74 Å². The quantitative estimate of drug-likeness (QED) is 0.781. The molecule has 0 saturated carbocycles. The molecule has 0 saturated heterocycles. The maximum absolute atomic E-state index is 9.17. The van der Waals surface area contributed by atoms with Gasteiger partial charge in [0.15, 0.2) is 0 Å². The van der Waals surface area contributed by atoms with Crippen LogP contribution in [-0.4, -0.2) is 26.1 Å². The Bertz CT molecular complexity index is 419. The third-order valence-electron chi connectivity index (χ3n) is 2.72. The summed E-state index contributed by atoms with van der Waals surface area (Å²) in [6.45, 7) is 4.00. The van der Waals surface area contributed by atoms with E-state index in [4.69, 9.17) is 10.00 Å². The molecule has 1 atom stereocenters. The summed E-state index contributed by atoms with van der Waals surface area (Å²) in [5.41, 5.74) is 3.19. The molecule has 0 aliphatic heterocycles. The Morgan fingerprint density at radius 3 is 2.31 bits per heavy atom. The fourth-order valence-corrected chi connectivity index (χ4v) is 1.79. The maximum atomic E-state index is 9.17. The molecule has 0 bridgehead atoms. The third kappa shape index (κ3) is 2.34. The number of nitriles is 1. The van der Waals surface area contributed by atoms with Gasteiger partial charge < -0.3 is 4.74 Å². The fraction of sp³-hybridized carbons (Fsp3) is 0.462. The van der Waals surface area contributed by atoms with Crippen LogP contribution in [0.25, 0.3) is 0 Å². The van der Waals surface area contributed by atoms with E-state index in [1.165, 1.54) is 0 Å². The molecule has 0 fully saturated rings. The van der Waals surface area contributed by atoms with Gasteiger partial charge in [-0.25, -0.2) is 0 Å². The molecule has 1 rings (SSSR count). The van der Waals surface area contributed by atoms with E-state index in [0.717, 1.165) is 22.4 Å². The number of hydrogen-bond donors (Lipinski definition) is 0. The van der Waals surface area contributed by atoms with Crippen molar-refractivity contribution in [2.75, 3.05) is 21.2 Å². The Balaban J connectivity index is 3.25. The largest absolute Gasteiger partial charge is 0.496 e. The summed E-state index contributed by atoms with van der Waals surface area (Å²) in [6, 6.07) is 6.12. The standard InChI is InChI=1S/C13H18N2O/c1-9-7-13(16-5)10(2)6-11(9)12(8-14)15(3)4/h6-7,12H,1-5H3. The van der Waals surface area contributed by atoms with E-state index in [1.54, 1.807) is 7.11 Å². The molecule has 16 heavy (non-hydrogen) atoms. The highest BCUT2D eigenvalue weighted by Crippen LogP contribution is 2.28. The van der Waals surface area contributed by atoms with E-state index in [0.29, 0.717) is 0 Å². The first-order valence-electron chi connectivity index (χ1n) is 5.22. The highest BCUT2D eigenvalue weighted by Gasteiger charge is 2.16. The second-order valence-electron chi connectivity index (χ2n) is 4.17. The lowest BCUT2D eigenvalue weighted by atomic mass is 9.98. The van der Waals surface area contributed by atoms with Crippen LogP contribution in [0.5, 0.6) is 5.75 Å². The second-order valence-corrected chi connectivity index (χ2v) is 4.17. The summed E-state index contributed by atoms with van der Waals surface area (Å²) in [6.07, 6.45) is 0. The van der Waals surface area contributed by atoms with Crippen molar-refractivity contribution >= 4 is 0 Å². The maximum Gasteiger partial charge on any atom is 0.123 e. The second kappa shape index (κ2) is 5.00. The SMILES string of the molecule is COc1cc(C)c(C(C#N)N(C)C)cc1C. The van der Waals surface area contributed by atoms with Crippen molar-refractivity contribution in [3.05, 3.63) is 28.8 Å². The Morgan fingerprint density at radius 2 is 1.88 bits per heavy atom. The van der Waals surface area contributed by atoms with Crippen LogP contribution in [0.3, 0.4) is 0 Å². The molecule has 0 aliphatic carbocycles. The summed E-state index contributed by atoms with van der Waals surface area (Å²) in [4.78, 5) is 1.91. The average Bonchev–Trinajstić information content (AvgIpc) is 2.23. The van der Waals surface area contributed by atoms with Gasteiger partial charge in [-0.05, 0) is 56.8 Å². The van der Waals surface area contributed by atoms with Crippen molar-refractivity contribution in [1.29, 1.82) is 5.26 Å². The number of benzene rings is 1. The summed E-state index contributed by atoms with van der Waals surface area (Å²) < 4.78 is 5.26. The molecule has 3 nitrogen and oxygen atoms in total. The molecule has 0 spiro atoms. The van der Waals surface area contributed by atoms with Crippen LogP contribution >= 0.6 is 0 Å². The lowest BCUT2D eigenvalue weighted by Gasteiger charge is -2.20. The van der Waals surface area contributed by atoms with Gasteiger partial charge in [-0.3, -0.25) is 4.90 Å². The first kappa shape index (κ1) is 12.5. The third-order valence-corrected chi connectivity index (χ3v) is 2.72. The zero-order valence-corrected chi connectivity index (χ0v) is 10.5. The van der Waals surface area contributed by atoms with E-state index >= 15 is 0 Å². The number of rotatable bonds is 3. The average molecular weight is 218 g/mol. The van der Waals surface area contributed by atoms with Crippen LogP contribution in [0.15, 0.2) is 12.1 Å². The van der Waals surface area contributed by atoms with Gasteiger partial charge in [-0.1, -0.05) is 0 Å². The number of aryl methyl sites for hydroxylation is 2. The summed E-state index contributed by atoms with van der Waals surface area (Å²) in [7, 11) is 5.48. The summed E-state index contributed by atoms with van der Waals surface area (Å²) in [5, 5.41) is 9.17. The fourth-order valence-electron chi connectivity index (χ4n) is 1.79. The molecule has 0 N–H and O–H groups in total. The Labute approximate surface area is 97.3 Å². The van der Waals surface area contributed by atoms with Gasteiger partial charge in [-0.15, -0.1) is 0 Å². The smallest absolute Gasteiger partial charge is 0.123 e. The van der Waals surface area contributed by atoms with Crippen molar-refractivity contribution in [3.8, 4) is 11.8 Å². The van der Waals surface area contributed by atoms with Gasteiger partial charge in [0.1, 0.15) is 11.8 Å². The molecular formula is C13H18N2O. The first-order chi connectivity index (χ1) is 7.51. The molecule has 0 aromatic heterocycles. The lowest BCUT2D eigenvalue weighted by molar-refractivity contribution is 0.356. The summed E-state index contributed by atoms with van der Waals surface area (Å²) in [5.74, 6) is 0.872. The van der Waals surface area contributed by atoms with Crippen molar-refractivity contribution < 1.29 is 4.74 Å². The molecule has 3 heteroatoms. The minimum atomic E-state index is -0.204. The highest BCUT2D eigenvalue weighted by molar-refractivity contribution is 5.44. The lowest BCUT2D eigenvalue weighted by Crippen LogP contribution is -2.19. The minimum Gasteiger partial charge on any atom is -0.496 e. The van der Waals surface area contributed by atoms with Crippen molar-refractivity contribution in [2.45, 2.75) is 19.9 Å². The Morgan fingerprint density at radius 1 is 1.25 bits per heavy atom. The number of ether oxygens (including phenoxy) is 1. The van der Waals surface area contributed by atoms with Crippen molar-refractivity contribution in [2.24, 2.45) is 0 Å². The monoisotopic (exact) mass is 218 g/mol. The van der Waals surface area contributed by atoms with E-state index in [2.05, 4.69) is 6.07 Å². The van der Waals surface area contributed by atoms with Gasteiger partial charge in [0.2, 0.25) is 0 Å². The molecule has 0 aliphatic rings. The van der Waals surface area contributed by atoms with Gasteiger partial charge >= 0.3 is 0 Å². The van der Waals surface area contributed by atoms with E-state index in [1.807, 2.05) is 45.0 Å². The van der Waals surface area contributed by atoms with E-state index in [-0.39, 0.29) is 6.04 Å². The molecule has 0 amide bonds. The van der Waals surface area contributed by atoms with Crippen LogP contribution in [0.2, 0.25) is 0 Å². The van der Waals surface area contributed by atoms with Crippen LogP contribution in [0, 0.1) is 25.2 Å². The molecule has 0 heterocycles. The molecular weight excluding hydrogens is 200 g/mol. The zero-order chi connectivity index (χ0) is 12.3. The van der Waals surface area contributed by atoms with Gasteiger partial charge in [-0.2, -0.15) is 5.26 Å². The van der Waals surface area contributed by atoms with Gasteiger partial charge in [0, 0.05) is 0 Å². The van der Waals surface area contributed by atoms with Crippen LogP contribution in [-0.2, 0) is 0 Å². The summed E-state index contributed by atoms with van der Waals surface area (Å²) >= 11 is 0. The molecule has 1 aromatic rings. The normalized spacial score (nSPS) is 12.3. The van der Waals surface area contributed by atoms with Crippen molar-refractivity contribution in [3.63, 3.8) is 0 Å². The molecule has 1 unspecified atom stereocenters. The molecule has 0 radical (unpaired) electrons. The number of methoxy groups -OCH3 is 1.